The van der Waals surface area contributed by atoms with Crippen LogP contribution in [0.2, 0.25) is 0 Å². The van der Waals surface area contributed by atoms with Gasteiger partial charge in [0.25, 0.3) is 5.91 Å². The van der Waals surface area contributed by atoms with Crippen LogP contribution in [0, 0.1) is 11.6 Å². The maximum atomic E-state index is 14.2. The van der Waals surface area contributed by atoms with E-state index in [2.05, 4.69) is 0 Å². The van der Waals surface area contributed by atoms with Gasteiger partial charge in [0.2, 0.25) is 11.5 Å². The van der Waals surface area contributed by atoms with E-state index in [1.54, 1.807) is 20.8 Å². The molecule has 1 fully saturated rings. The first-order valence-corrected chi connectivity index (χ1v) is 8.60. The van der Waals surface area contributed by atoms with Crippen LogP contribution in [0.3, 0.4) is 0 Å². The zero-order valence-corrected chi connectivity index (χ0v) is 15.9. The monoisotopic (exact) mass is 397 g/mol. The number of hydrogen-bond acceptors (Lipinski definition) is 5. The second-order valence-electron chi connectivity index (χ2n) is 7.93. The predicted octanol–water partition coefficient (Wildman–Crippen LogP) is 1.55. The number of fused-ring (bicyclic) bond motifs is 1. The summed E-state index contributed by atoms with van der Waals surface area (Å²) in [6.07, 6.45) is -1.11. The van der Waals surface area contributed by atoms with Crippen LogP contribution in [-0.2, 0) is 14.3 Å². The maximum absolute atomic E-state index is 14.2. The molecule has 152 valence electrons. The molecule has 1 saturated heterocycles. The number of primary amides is 1. The van der Waals surface area contributed by atoms with Crippen molar-refractivity contribution in [3.8, 4) is 5.75 Å². The third kappa shape index (κ3) is 3.23. The molecule has 1 aromatic carbocycles. The number of nitrogens with two attached hydrogens (primary N) is 1. The van der Waals surface area contributed by atoms with E-state index in [0.29, 0.717) is 6.07 Å². The standard InChI is InChI=1S/C18H21F2N3O5/c1-17(2,3)28-16(26)23-8-18(7-11(23)14(21)24)15(25)22(4)13-10(20)5-9(19)6-12(13)27-18/h5-6,11H,7-8H2,1-4H3,(H2,21,24)/t11-,18+/m0/s1. The SMILES string of the molecule is CN1C(=O)[C@]2(C[C@@H](C(N)=O)N(C(=O)OC(C)(C)C)C2)Oc2cc(F)cc(F)c21. The molecule has 2 N–H and O–H groups in total. The molecule has 0 aliphatic carbocycles. The van der Waals surface area contributed by atoms with Gasteiger partial charge >= 0.3 is 6.09 Å². The average molecular weight is 397 g/mol. The molecule has 1 aromatic rings. The smallest absolute Gasteiger partial charge is 0.411 e. The normalized spacial score (nSPS) is 24.2. The van der Waals surface area contributed by atoms with E-state index < -0.39 is 46.8 Å². The Kier molecular flexibility index (Phi) is 4.48. The number of nitrogens with zero attached hydrogens (tertiary/aromatic N) is 2. The maximum Gasteiger partial charge on any atom is 0.411 e. The minimum Gasteiger partial charge on any atom is -0.473 e. The van der Waals surface area contributed by atoms with Gasteiger partial charge in [-0.3, -0.25) is 14.5 Å². The van der Waals surface area contributed by atoms with Crippen LogP contribution in [0.15, 0.2) is 12.1 Å². The average Bonchev–Trinajstić information content (AvgIpc) is 2.91. The fourth-order valence-electron chi connectivity index (χ4n) is 3.47. The van der Waals surface area contributed by atoms with Crippen molar-refractivity contribution >= 4 is 23.6 Å². The molecule has 0 radical (unpaired) electrons. The van der Waals surface area contributed by atoms with E-state index in [0.717, 1.165) is 15.9 Å². The van der Waals surface area contributed by atoms with Gasteiger partial charge in [-0.05, 0) is 20.8 Å². The Hall–Kier alpha value is -2.91. The summed E-state index contributed by atoms with van der Waals surface area (Å²) in [5, 5.41) is 0. The summed E-state index contributed by atoms with van der Waals surface area (Å²) in [6, 6.07) is 0.406. The number of carbonyl (C=O) groups is 3. The topological polar surface area (TPSA) is 102 Å². The van der Waals surface area contributed by atoms with Crippen molar-refractivity contribution in [2.24, 2.45) is 5.73 Å². The van der Waals surface area contributed by atoms with Gasteiger partial charge in [-0.1, -0.05) is 0 Å². The molecule has 0 unspecified atom stereocenters. The fourth-order valence-corrected chi connectivity index (χ4v) is 3.47. The summed E-state index contributed by atoms with van der Waals surface area (Å²) < 4.78 is 38.8. The molecule has 3 rings (SSSR count). The van der Waals surface area contributed by atoms with Gasteiger partial charge in [-0.2, -0.15) is 0 Å². The van der Waals surface area contributed by atoms with Crippen molar-refractivity contribution in [1.82, 2.24) is 4.90 Å². The Bertz CT molecular complexity index is 870. The van der Waals surface area contributed by atoms with E-state index in [1.807, 2.05) is 0 Å². The molecule has 10 heteroatoms. The molecule has 2 atom stereocenters. The van der Waals surface area contributed by atoms with Crippen LogP contribution >= 0.6 is 0 Å². The Labute approximate surface area is 160 Å². The van der Waals surface area contributed by atoms with Gasteiger partial charge in [0, 0.05) is 25.6 Å². The number of likely N-dealkylation sites (tertiary alicyclic amines) is 1. The predicted molar refractivity (Wildman–Crippen MR) is 93.7 cm³/mol. The Morgan fingerprint density at radius 3 is 2.54 bits per heavy atom. The lowest BCUT2D eigenvalue weighted by Gasteiger charge is -2.38. The summed E-state index contributed by atoms with van der Waals surface area (Å²) in [7, 11) is 1.31. The quantitative estimate of drug-likeness (QED) is 0.775. The Morgan fingerprint density at radius 1 is 1.32 bits per heavy atom. The van der Waals surface area contributed by atoms with E-state index >= 15 is 0 Å². The van der Waals surface area contributed by atoms with Crippen LogP contribution in [0.1, 0.15) is 27.2 Å². The molecular formula is C18H21F2N3O5. The third-order valence-electron chi connectivity index (χ3n) is 4.61. The van der Waals surface area contributed by atoms with Gasteiger partial charge in [0.05, 0.1) is 6.54 Å². The molecule has 2 aliphatic heterocycles. The molecule has 2 heterocycles. The van der Waals surface area contributed by atoms with Gasteiger partial charge in [-0.15, -0.1) is 0 Å². The molecule has 2 aliphatic rings. The lowest BCUT2D eigenvalue weighted by Crippen LogP contribution is -2.57. The number of amides is 3. The molecule has 0 aromatic heterocycles. The number of benzene rings is 1. The highest BCUT2D eigenvalue weighted by Gasteiger charge is 2.59. The van der Waals surface area contributed by atoms with E-state index in [4.69, 9.17) is 15.2 Å². The molecule has 0 bridgehead atoms. The fraction of sp³-hybridized carbons (Fsp3) is 0.500. The second-order valence-corrected chi connectivity index (χ2v) is 7.93. The molecular weight excluding hydrogens is 376 g/mol. The second kappa shape index (κ2) is 6.32. The summed E-state index contributed by atoms with van der Waals surface area (Å²) >= 11 is 0. The van der Waals surface area contributed by atoms with Crippen molar-refractivity contribution in [3.05, 3.63) is 23.8 Å². The zero-order chi connectivity index (χ0) is 21.0. The zero-order valence-electron chi connectivity index (χ0n) is 15.9. The first kappa shape index (κ1) is 19.8. The number of halogens is 2. The molecule has 3 amide bonds. The molecule has 28 heavy (non-hydrogen) atoms. The van der Waals surface area contributed by atoms with Crippen LogP contribution in [0.25, 0.3) is 0 Å². The van der Waals surface area contributed by atoms with Crippen LogP contribution < -0.4 is 15.4 Å². The summed E-state index contributed by atoms with van der Waals surface area (Å²) in [6.45, 7) is 4.59. The van der Waals surface area contributed by atoms with Gasteiger partial charge in [0.15, 0.2) is 11.6 Å². The Balaban J connectivity index is 2.01. The molecule has 8 nitrogen and oxygen atoms in total. The highest BCUT2D eigenvalue weighted by atomic mass is 19.1. The van der Waals surface area contributed by atoms with Gasteiger partial charge in [-0.25, -0.2) is 13.6 Å². The van der Waals surface area contributed by atoms with E-state index in [-0.39, 0.29) is 24.4 Å². The van der Waals surface area contributed by atoms with Crippen molar-refractivity contribution in [1.29, 1.82) is 0 Å². The van der Waals surface area contributed by atoms with Gasteiger partial charge in [0.1, 0.15) is 23.1 Å². The highest BCUT2D eigenvalue weighted by Crippen LogP contribution is 2.44. The van der Waals surface area contributed by atoms with Crippen LogP contribution in [-0.4, -0.2) is 53.6 Å². The number of rotatable bonds is 1. The molecule has 0 saturated carbocycles. The number of likely N-dealkylation sites (N-methyl/N-ethyl adjacent to an activating group) is 1. The first-order valence-electron chi connectivity index (χ1n) is 8.60. The minimum absolute atomic E-state index is 0.200. The van der Waals surface area contributed by atoms with Crippen molar-refractivity contribution < 1.29 is 32.6 Å². The number of carbonyl (C=O) groups excluding carboxylic acids is 3. The van der Waals surface area contributed by atoms with E-state index in [9.17, 15) is 23.2 Å². The third-order valence-corrected chi connectivity index (χ3v) is 4.61. The largest absolute Gasteiger partial charge is 0.473 e. The van der Waals surface area contributed by atoms with E-state index in [1.165, 1.54) is 7.05 Å². The van der Waals surface area contributed by atoms with Crippen molar-refractivity contribution in [2.45, 2.75) is 44.4 Å². The van der Waals surface area contributed by atoms with Crippen LogP contribution in [0.4, 0.5) is 19.3 Å². The lowest BCUT2D eigenvalue weighted by atomic mass is 9.95. The summed E-state index contributed by atoms with van der Waals surface area (Å²) in [4.78, 5) is 39.4. The van der Waals surface area contributed by atoms with Crippen LogP contribution in [0.5, 0.6) is 5.75 Å². The summed E-state index contributed by atoms with van der Waals surface area (Å²) in [5.74, 6) is -3.58. The minimum atomic E-state index is -1.71. The van der Waals surface area contributed by atoms with Crippen molar-refractivity contribution in [2.75, 3.05) is 18.5 Å². The Morgan fingerprint density at radius 2 is 1.96 bits per heavy atom. The highest BCUT2D eigenvalue weighted by molar-refractivity contribution is 6.04. The summed E-state index contributed by atoms with van der Waals surface area (Å²) in [5.41, 5.74) is 2.64. The lowest BCUT2D eigenvalue weighted by molar-refractivity contribution is -0.134. The van der Waals surface area contributed by atoms with Gasteiger partial charge < -0.3 is 20.1 Å². The number of anilines is 1. The van der Waals surface area contributed by atoms with Crippen molar-refractivity contribution in [3.63, 3.8) is 0 Å². The number of ether oxygens (including phenoxy) is 2. The molecule has 1 spiro atoms. The first-order chi connectivity index (χ1) is 12.8. The number of hydrogen-bond donors (Lipinski definition) is 1.